The fourth-order valence-corrected chi connectivity index (χ4v) is 5.04. The molecule has 0 unspecified atom stereocenters. The van der Waals surface area contributed by atoms with Crippen LogP contribution in [0.25, 0.3) is 0 Å². The lowest BCUT2D eigenvalue weighted by Crippen LogP contribution is -2.31. The van der Waals surface area contributed by atoms with E-state index in [2.05, 4.69) is 38.4 Å². The zero-order chi connectivity index (χ0) is 17.9. The molecule has 2 aromatic rings. The van der Waals surface area contributed by atoms with Gasteiger partial charge in [0.25, 0.3) is 0 Å². The van der Waals surface area contributed by atoms with Crippen LogP contribution in [0.5, 0.6) is 0 Å². The summed E-state index contributed by atoms with van der Waals surface area (Å²) in [5.41, 5.74) is 1.19. The van der Waals surface area contributed by atoms with E-state index in [1.54, 1.807) is 11.3 Å². The molecular weight excluding hydrogens is 364 g/mol. The summed E-state index contributed by atoms with van der Waals surface area (Å²) in [5.74, 6) is 1.63. The Morgan fingerprint density at radius 2 is 2.31 bits per heavy atom. The summed E-state index contributed by atoms with van der Waals surface area (Å²) >= 11 is 3.29. The highest BCUT2D eigenvalue weighted by Gasteiger charge is 2.30. The van der Waals surface area contributed by atoms with E-state index in [4.69, 9.17) is 0 Å². The zero-order valence-electron chi connectivity index (χ0n) is 15.1. The van der Waals surface area contributed by atoms with Crippen LogP contribution in [-0.2, 0) is 11.2 Å². The van der Waals surface area contributed by atoms with Crippen molar-refractivity contribution >= 4 is 29.0 Å². The van der Waals surface area contributed by atoms with Crippen LogP contribution in [0.4, 0.5) is 0 Å². The topological polar surface area (TPSA) is 51.0 Å². The van der Waals surface area contributed by atoms with E-state index in [0.29, 0.717) is 11.8 Å². The summed E-state index contributed by atoms with van der Waals surface area (Å²) < 4.78 is 2.27. The van der Waals surface area contributed by atoms with Crippen molar-refractivity contribution in [2.45, 2.75) is 56.6 Å². The standard InChI is InChI=1S/C19H24N4OS2/c1-2-22(14-6-3-4-7-14)18(24)13-26-19-21-20-17(23(19)15-9-10-15)12-16-8-5-11-25-16/h5-6,8,11,15H,2-4,7,9-10,12-13H2,1H3. The summed E-state index contributed by atoms with van der Waals surface area (Å²) in [6.45, 7) is 2.79. The first-order valence-corrected chi connectivity index (χ1v) is 11.2. The number of thiophene rings is 1. The zero-order valence-corrected chi connectivity index (χ0v) is 16.7. The molecule has 2 aliphatic carbocycles. The van der Waals surface area contributed by atoms with Gasteiger partial charge in [-0.3, -0.25) is 4.79 Å². The maximum atomic E-state index is 12.7. The van der Waals surface area contributed by atoms with Crippen molar-refractivity contribution in [3.8, 4) is 0 Å². The third-order valence-electron chi connectivity index (χ3n) is 4.87. The van der Waals surface area contributed by atoms with Crippen molar-refractivity contribution in [2.24, 2.45) is 0 Å². The van der Waals surface area contributed by atoms with Gasteiger partial charge in [-0.05, 0) is 50.5 Å². The summed E-state index contributed by atoms with van der Waals surface area (Å²) in [6, 6.07) is 4.72. The van der Waals surface area contributed by atoms with E-state index in [1.165, 1.54) is 35.2 Å². The molecule has 0 radical (unpaired) electrons. The van der Waals surface area contributed by atoms with Crippen LogP contribution in [0.1, 0.15) is 55.8 Å². The molecular formula is C19H24N4OS2. The van der Waals surface area contributed by atoms with Crippen LogP contribution in [0.2, 0.25) is 0 Å². The summed E-state index contributed by atoms with van der Waals surface area (Å²) in [4.78, 5) is 15.9. The number of carbonyl (C=O) groups is 1. The average Bonchev–Trinajstić information content (AvgIpc) is 3.07. The average molecular weight is 389 g/mol. The largest absolute Gasteiger partial charge is 0.316 e. The second-order valence-electron chi connectivity index (χ2n) is 6.77. The van der Waals surface area contributed by atoms with E-state index in [-0.39, 0.29) is 5.91 Å². The van der Waals surface area contributed by atoms with Gasteiger partial charge >= 0.3 is 0 Å². The van der Waals surface area contributed by atoms with Gasteiger partial charge in [0.2, 0.25) is 5.91 Å². The van der Waals surface area contributed by atoms with Crippen LogP contribution in [0, 0.1) is 0 Å². The number of hydrogen-bond donors (Lipinski definition) is 0. The molecule has 0 aromatic carbocycles. The molecule has 1 fully saturated rings. The molecule has 1 saturated carbocycles. The lowest BCUT2D eigenvalue weighted by Gasteiger charge is -2.22. The Morgan fingerprint density at radius 3 is 2.96 bits per heavy atom. The smallest absolute Gasteiger partial charge is 0.237 e. The molecule has 1 amide bonds. The molecule has 2 aromatic heterocycles. The SMILES string of the molecule is CCN(C(=O)CSc1nnc(Cc2cccs2)n1C1CC1)C1=CCCC1. The van der Waals surface area contributed by atoms with Crippen molar-refractivity contribution in [1.29, 1.82) is 0 Å². The first kappa shape index (κ1) is 17.8. The van der Waals surface area contributed by atoms with Crippen molar-refractivity contribution in [3.05, 3.63) is 40.0 Å². The Morgan fingerprint density at radius 1 is 1.42 bits per heavy atom. The van der Waals surface area contributed by atoms with E-state index in [1.807, 2.05) is 11.8 Å². The van der Waals surface area contributed by atoms with E-state index in [9.17, 15) is 4.79 Å². The molecule has 0 aliphatic heterocycles. The molecule has 2 heterocycles. The van der Waals surface area contributed by atoms with Gasteiger partial charge in [-0.25, -0.2) is 0 Å². The van der Waals surface area contributed by atoms with Crippen LogP contribution >= 0.6 is 23.1 Å². The number of allylic oxidation sites excluding steroid dienone is 2. The number of hydrogen-bond acceptors (Lipinski definition) is 5. The molecule has 0 N–H and O–H groups in total. The van der Waals surface area contributed by atoms with Crippen molar-refractivity contribution in [1.82, 2.24) is 19.7 Å². The lowest BCUT2D eigenvalue weighted by atomic mass is 10.3. The highest BCUT2D eigenvalue weighted by Crippen LogP contribution is 2.39. The monoisotopic (exact) mass is 388 g/mol. The van der Waals surface area contributed by atoms with Gasteiger partial charge in [-0.1, -0.05) is 23.9 Å². The molecule has 138 valence electrons. The van der Waals surface area contributed by atoms with Gasteiger partial charge in [0.15, 0.2) is 5.16 Å². The first-order chi connectivity index (χ1) is 12.8. The van der Waals surface area contributed by atoms with Gasteiger partial charge < -0.3 is 9.47 Å². The Kier molecular flexibility index (Phi) is 5.45. The predicted octanol–water partition coefficient (Wildman–Crippen LogP) is 4.27. The number of nitrogens with zero attached hydrogens (tertiary/aromatic N) is 4. The van der Waals surface area contributed by atoms with Gasteiger partial charge in [-0.2, -0.15) is 0 Å². The van der Waals surface area contributed by atoms with E-state index in [0.717, 1.165) is 43.2 Å². The minimum absolute atomic E-state index is 0.177. The Balaban J connectivity index is 1.44. The molecule has 0 spiro atoms. The summed E-state index contributed by atoms with van der Waals surface area (Å²) in [7, 11) is 0. The van der Waals surface area contributed by atoms with Crippen molar-refractivity contribution < 1.29 is 4.79 Å². The fourth-order valence-electron chi connectivity index (χ4n) is 3.44. The third kappa shape index (κ3) is 3.88. The highest BCUT2D eigenvalue weighted by atomic mass is 32.2. The second-order valence-corrected chi connectivity index (χ2v) is 8.75. The van der Waals surface area contributed by atoms with E-state index >= 15 is 0 Å². The molecule has 4 rings (SSSR count). The van der Waals surface area contributed by atoms with Gasteiger partial charge in [0, 0.05) is 29.6 Å². The van der Waals surface area contributed by atoms with Gasteiger partial charge in [0.1, 0.15) is 5.82 Å². The Bertz CT molecular complexity index is 793. The molecule has 26 heavy (non-hydrogen) atoms. The van der Waals surface area contributed by atoms with Gasteiger partial charge in [-0.15, -0.1) is 21.5 Å². The van der Waals surface area contributed by atoms with Gasteiger partial charge in [0.05, 0.1) is 5.75 Å². The molecule has 0 atom stereocenters. The molecule has 2 aliphatic rings. The highest BCUT2D eigenvalue weighted by molar-refractivity contribution is 7.99. The van der Waals surface area contributed by atoms with Crippen LogP contribution in [0.3, 0.4) is 0 Å². The minimum Gasteiger partial charge on any atom is -0.316 e. The normalized spacial score (nSPS) is 16.7. The number of thioether (sulfide) groups is 1. The molecule has 5 nitrogen and oxygen atoms in total. The fraction of sp³-hybridized carbons (Fsp3) is 0.526. The Labute approximate surface area is 162 Å². The third-order valence-corrected chi connectivity index (χ3v) is 6.67. The quantitative estimate of drug-likeness (QED) is 0.634. The van der Waals surface area contributed by atoms with Crippen molar-refractivity contribution in [3.63, 3.8) is 0 Å². The maximum Gasteiger partial charge on any atom is 0.237 e. The van der Waals surface area contributed by atoms with E-state index < -0.39 is 0 Å². The summed E-state index contributed by atoms with van der Waals surface area (Å²) in [6.07, 6.45) is 8.67. The number of rotatable bonds is 8. The second kappa shape index (κ2) is 7.96. The number of aromatic nitrogens is 3. The van der Waals surface area contributed by atoms with Crippen LogP contribution in [-0.4, -0.2) is 37.9 Å². The lowest BCUT2D eigenvalue weighted by molar-refractivity contribution is -0.126. The number of amides is 1. The van der Waals surface area contributed by atoms with Crippen molar-refractivity contribution in [2.75, 3.05) is 12.3 Å². The minimum atomic E-state index is 0.177. The first-order valence-electron chi connectivity index (χ1n) is 9.34. The Hall–Kier alpha value is -1.60. The number of carbonyl (C=O) groups excluding carboxylic acids is 1. The maximum absolute atomic E-state index is 12.7. The molecule has 7 heteroatoms. The van der Waals surface area contributed by atoms with Crippen LogP contribution in [0.15, 0.2) is 34.4 Å². The predicted molar refractivity (Wildman–Crippen MR) is 105 cm³/mol. The summed E-state index contributed by atoms with van der Waals surface area (Å²) in [5, 5.41) is 11.8. The molecule has 0 saturated heterocycles. The molecule has 0 bridgehead atoms. The van der Waals surface area contributed by atoms with Crippen LogP contribution < -0.4 is 0 Å².